The van der Waals surface area contributed by atoms with Gasteiger partial charge in [0.2, 0.25) is 5.91 Å². The van der Waals surface area contributed by atoms with E-state index < -0.39 is 8.30 Å². The highest BCUT2D eigenvalue weighted by molar-refractivity contribution is 7.50. The Kier molecular flexibility index (Phi) is 16.1. The second kappa shape index (κ2) is 17.9. The van der Waals surface area contributed by atoms with Gasteiger partial charge in [-0.3, -0.25) is 9.46 Å². The van der Waals surface area contributed by atoms with Gasteiger partial charge in [0.05, 0.1) is 18.7 Å². The second-order valence-corrected chi connectivity index (χ2v) is 11.6. The van der Waals surface area contributed by atoms with Crippen LogP contribution in [0.5, 0.6) is 0 Å². The molecule has 1 rings (SSSR count). The van der Waals surface area contributed by atoms with Gasteiger partial charge < -0.3 is 20.5 Å². The van der Waals surface area contributed by atoms with Gasteiger partial charge in [0.1, 0.15) is 8.30 Å². The van der Waals surface area contributed by atoms with Crippen molar-refractivity contribution < 1.29 is 14.1 Å². The van der Waals surface area contributed by atoms with Crippen LogP contribution >= 0.6 is 8.30 Å². The van der Waals surface area contributed by atoms with Crippen LogP contribution in [0.4, 0.5) is 4.79 Å². The Morgan fingerprint density at radius 1 is 1.09 bits per heavy atom. The maximum Gasteiger partial charge on any atom is 0.315 e. The molecule has 0 aliphatic carbocycles. The fourth-order valence-electron chi connectivity index (χ4n) is 4.36. The number of amides is 3. The number of hydrogen-bond acceptors (Lipinski definition) is 5. The van der Waals surface area contributed by atoms with E-state index in [1.54, 1.807) is 0 Å². The Balaban J connectivity index is 2.04. The van der Waals surface area contributed by atoms with E-state index in [1.807, 2.05) is 6.92 Å². The van der Waals surface area contributed by atoms with E-state index in [-0.39, 0.29) is 24.0 Å². The lowest BCUT2D eigenvalue weighted by Gasteiger charge is -2.37. The molecule has 1 aliphatic heterocycles. The quantitative estimate of drug-likeness (QED) is 0.171. The number of carbonyl (C=O) groups is 2. The van der Waals surface area contributed by atoms with E-state index >= 15 is 0 Å². The molecular weight excluding hydrogens is 449 g/mol. The Morgan fingerprint density at radius 2 is 1.76 bits per heavy atom. The third-order valence-electron chi connectivity index (χ3n) is 6.06. The maximum atomic E-state index is 12.0. The molecule has 3 amide bonds. The summed E-state index contributed by atoms with van der Waals surface area (Å²) in [6, 6.07) is 3.39. The molecule has 3 unspecified atom stereocenters. The summed E-state index contributed by atoms with van der Waals surface area (Å²) < 4.78 is 8.64. The number of nitriles is 1. The van der Waals surface area contributed by atoms with Crippen LogP contribution in [0.15, 0.2) is 0 Å². The number of unbranched alkanes of at least 4 members (excludes halogenated alkanes) is 5. The second-order valence-electron chi connectivity index (χ2n) is 9.76. The van der Waals surface area contributed by atoms with Crippen molar-refractivity contribution in [2.75, 3.05) is 19.3 Å². The molecule has 0 radical (unpaired) electrons. The van der Waals surface area contributed by atoms with Gasteiger partial charge in [0.25, 0.3) is 0 Å². The maximum absolute atomic E-state index is 12.0. The van der Waals surface area contributed by atoms with Crippen molar-refractivity contribution >= 4 is 20.2 Å². The van der Waals surface area contributed by atoms with E-state index in [2.05, 4.69) is 54.4 Å². The number of rotatable bonds is 19. The van der Waals surface area contributed by atoms with E-state index in [0.717, 1.165) is 70.7 Å². The standard InChI is InChI=1S/C25H48N5O3P/c1-20(2)30(21(3)4)34(19-13-16-26)33-18-12-7-6-11-17-27-24(31)15-10-8-9-14-23-22(5)28-25(32)29-23/h20-23H,6-15,17-19H2,1-5H3,(H,27,31)(H2,28,29,32). The van der Waals surface area contributed by atoms with Gasteiger partial charge in [-0.2, -0.15) is 5.26 Å². The number of hydrogen-bond donors (Lipinski definition) is 3. The van der Waals surface area contributed by atoms with Crippen LogP contribution in [0.1, 0.15) is 98.8 Å². The summed E-state index contributed by atoms with van der Waals surface area (Å²) in [5.74, 6) is 0.137. The first-order valence-corrected chi connectivity index (χ1v) is 14.5. The summed E-state index contributed by atoms with van der Waals surface area (Å²) in [6.45, 7) is 12.2. The fourth-order valence-corrected chi connectivity index (χ4v) is 6.52. The monoisotopic (exact) mass is 497 g/mol. The lowest BCUT2D eigenvalue weighted by Crippen LogP contribution is -2.33. The van der Waals surface area contributed by atoms with Gasteiger partial charge in [-0.05, 0) is 60.3 Å². The molecule has 9 heteroatoms. The van der Waals surface area contributed by atoms with Crippen molar-refractivity contribution in [2.45, 2.75) is 123 Å². The molecule has 196 valence electrons. The zero-order chi connectivity index (χ0) is 25.3. The van der Waals surface area contributed by atoms with Crippen molar-refractivity contribution in [3.63, 3.8) is 0 Å². The lowest BCUT2D eigenvalue weighted by atomic mass is 10.0. The normalized spacial score (nSPS) is 18.7. The third-order valence-corrected chi connectivity index (χ3v) is 8.59. The lowest BCUT2D eigenvalue weighted by molar-refractivity contribution is -0.121. The van der Waals surface area contributed by atoms with E-state index in [0.29, 0.717) is 24.9 Å². The van der Waals surface area contributed by atoms with Crippen molar-refractivity contribution in [3.8, 4) is 6.07 Å². The first-order chi connectivity index (χ1) is 16.3. The molecule has 1 fully saturated rings. The molecule has 1 heterocycles. The van der Waals surface area contributed by atoms with Gasteiger partial charge in [0.15, 0.2) is 0 Å². The Bertz CT molecular complexity index is 618. The fraction of sp³-hybridized carbons (Fsp3) is 0.880. The average molecular weight is 498 g/mol. The van der Waals surface area contributed by atoms with Crippen LogP contribution in [0.3, 0.4) is 0 Å². The van der Waals surface area contributed by atoms with Crippen LogP contribution in [0, 0.1) is 11.3 Å². The molecular formula is C25H48N5O3P. The van der Waals surface area contributed by atoms with Crippen LogP contribution in [-0.2, 0) is 9.32 Å². The summed E-state index contributed by atoms with van der Waals surface area (Å²) in [6.07, 6.45) is 9.98. The highest BCUT2D eigenvalue weighted by Crippen LogP contribution is 2.45. The molecule has 0 aromatic heterocycles. The molecule has 1 aliphatic rings. The number of nitrogens with one attached hydrogen (secondary N) is 3. The Labute approximate surface area is 208 Å². The molecule has 0 saturated carbocycles. The largest absolute Gasteiger partial charge is 0.356 e. The molecule has 0 aromatic carbocycles. The van der Waals surface area contributed by atoms with Crippen molar-refractivity contribution in [1.82, 2.24) is 20.6 Å². The first-order valence-electron chi connectivity index (χ1n) is 13.2. The van der Waals surface area contributed by atoms with Gasteiger partial charge in [-0.15, -0.1) is 0 Å². The zero-order valence-electron chi connectivity index (χ0n) is 22.1. The minimum Gasteiger partial charge on any atom is -0.356 e. The summed E-state index contributed by atoms with van der Waals surface area (Å²) >= 11 is 0. The smallest absolute Gasteiger partial charge is 0.315 e. The zero-order valence-corrected chi connectivity index (χ0v) is 23.0. The van der Waals surface area contributed by atoms with E-state index in [4.69, 9.17) is 9.79 Å². The summed E-state index contributed by atoms with van der Waals surface area (Å²) in [4.78, 5) is 23.3. The first kappa shape index (κ1) is 30.6. The number of nitrogens with zero attached hydrogens (tertiary/aromatic N) is 2. The minimum atomic E-state index is -0.729. The van der Waals surface area contributed by atoms with E-state index in [9.17, 15) is 9.59 Å². The highest BCUT2D eigenvalue weighted by atomic mass is 31.2. The van der Waals surface area contributed by atoms with Crippen molar-refractivity contribution in [1.29, 1.82) is 5.26 Å². The van der Waals surface area contributed by atoms with Crippen LogP contribution in [0.2, 0.25) is 0 Å². The predicted octanol–water partition coefficient (Wildman–Crippen LogP) is 5.04. The Hall–Kier alpha value is -1.42. The van der Waals surface area contributed by atoms with Gasteiger partial charge >= 0.3 is 6.03 Å². The van der Waals surface area contributed by atoms with Crippen molar-refractivity contribution in [2.24, 2.45) is 0 Å². The molecule has 0 aromatic rings. The summed E-state index contributed by atoms with van der Waals surface area (Å²) in [5.41, 5.74) is 0. The van der Waals surface area contributed by atoms with Gasteiger partial charge in [-0.25, -0.2) is 4.79 Å². The molecule has 34 heavy (non-hydrogen) atoms. The predicted molar refractivity (Wildman–Crippen MR) is 140 cm³/mol. The molecule has 8 nitrogen and oxygen atoms in total. The molecule has 1 saturated heterocycles. The summed E-state index contributed by atoms with van der Waals surface area (Å²) in [7, 11) is -0.729. The van der Waals surface area contributed by atoms with Gasteiger partial charge in [-0.1, -0.05) is 25.7 Å². The molecule has 3 atom stereocenters. The molecule has 0 bridgehead atoms. The highest BCUT2D eigenvalue weighted by Gasteiger charge is 2.27. The summed E-state index contributed by atoms with van der Waals surface area (Å²) in [5, 5.41) is 17.8. The molecule has 3 N–H and O–H groups in total. The molecule has 0 spiro atoms. The van der Waals surface area contributed by atoms with Gasteiger partial charge in [0, 0.05) is 43.7 Å². The van der Waals surface area contributed by atoms with Crippen LogP contribution < -0.4 is 16.0 Å². The third kappa shape index (κ3) is 12.9. The average Bonchev–Trinajstić information content (AvgIpc) is 3.09. The van der Waals surface area contributed by atoms with Crippen LogP contribution in [-0.4, -0.2) is 60.1 Å². The SMILES string of the molecule is CC1NC(=O)NC1CCCCCC(=O)NCCCCCCOP(CCC#N)N(C(C)C)C(C)C. The van der Waals surface area contributed by atoms with Crippen molar-refractivity contribution in [3.05, 3.63) is 0 Å². The van der Waals surface area contributed by atoms with Crippen LogP contribution in [0.25, 0.3) is 0 Å². The number of carbonyl (C=O) groups excluding carboxylic acids is 2. The topological polar surface area (TPSA) is 106 Å². The Morgan fingerprint density at radius 3 is 2.38 bits per heavy atom. The number of urea groups is 1. The minimum absolute atomic E-state index is 0.0750. The van der Waals surface area contributed by atoms with E-state index in [1.165, 1.54) is 0 Å².